The van der Waals surface area contributed by atoms with E-state index in [0.717, 1.165) is 5.69 Å². The van der Waals surface area contributed by atoms with Gasteiger partial charge in [0.1, 0.15) is 17.2 Å². The highest BCUT2D eigenvalue weighted by molar-refractivity contribution is 7.80. The Morgan fingerprint density at radius 2 is 2.05 bits per heavy atom. The van der Waals surface area contributed by atoms with Crippen LogP contribution in [0.4, 0.5) is 5.69 Å². The van der Waals surface area contributed by atoms with Gasteiger partial charge in [-0.05, 0) is 43.4 Å². The summed E-state index contributed by atoms with van der Waals surface area (Å²) in [5.41, 5.74) is 4.25. The van der Waals surface area contributed by atoms with Crippen molar-refractivity contribution in [1.82, 2.24) is 5.43 Å². The molecule has 1 aromatic heterocycles. The van der Waals surface area contributed by atoms with Crippen molar-refractivity contribution < 1.29 is 9.15 Å². The van der Waals surface area contributed by atoms with E-state index >= 15 is 0 Å². The van der Waals surface area contributed by atoms with E-state index in [-0.39, 0.29) is 0 Å². The molecule has 0 radical (unpaired) electrons. The normalized spacial score (nSPS) is 11.0. The second kappa shape index (κ2) is 6.72. The second-order valence-corrected chi connectivity index (χ2v) is 4.35. The molecule has 5 nitrogen and oxygen atoms in total. The number of anilines is 1. The van der Waals surface area contributed by atoms with Gasteiger partial charge in [0.15, 0.2) is 5.11 Å². The number of hydrazone groups is 1. The third kappa shape index (κ3) is 3.58. The van der Waals surface area contributed by atoms with E-state index in [1.807, 2.05) is 37.3 Å². The van der Waals surface area contributed by atoms with Crippen molar-refractivity contribution in [3.8, 4) is 5.75 Å². The molecule has 0 spiro atoms. The third-order valence-corrected chi connectivity index (χ3v) is 2.75. The molecule has 0 saturated carbocycles. The fraction of sp³-hybridized carbons (Fsp3) is 0.143. The van der Waals surface area contributed by atoms with Gasteiger partial charge in [0.25, 0.3) is 0 Å². The average Bonchev–Trinajstić information content (AvgIpc) is 2.99. The summed E-state index contributed by atoms with van der Waals surface area (Å²) < 4.78 is 10.5. The summed E-state index contributed by atoms with van der Waals surface area (Å²) in [6, 6.07) is 11.1. The molecular formula is C14H15N3O2S. The van der Waals surface area contributed by atoms with E-state index in [1.54, 1.807) is 19.4 Å². The SMILES string of the molecule is COc1ccccc1NC(=S)N/N=C(\C)c1ccco1. The van der Waals surface area contributed by atoms with Crippen molar-refractivity contribution in [3.63, 3.8) is 0 Å². The summed E-state index contributed by atoms with van der Waals surface area (Å²) in [6.45, 7) is 1.83. The molecule has 2 N–H and O–H groups in total. The third-order valence-electron chi connectivity index (χ3n) is 2.56. The molecule has 104 valence electrons. The van der Waals surface area contributed by atoms with Gasteiger partial charge in [-0.25, -0.2) is 0 Å². The maximum atomic E-state index is 5.23. The first-order valence-corrected chi connectivity index (χ1v) is 6.39. The molecule has 1 aromatic carbocycles. The van der Waals surface area contributed by atoms with Crippen LogP contribution in [0, 0.1) is 0 Å². The number of methoxy groups -OCH3 is 1. The van der Waals surface area contributed by atoms with Gasteiger partial charge < -0.3 is 14.5 Å². The minimum Gasteiger partial charge on any atom is -0.495 e. The largest absolute Gasteiger partial charge is 0.495 e. The van der Waals surface area contributed by atoms with Crippen LogP contribution in [0.2, 0.25) is 0 Å². The molecule has 0 unspecified atom stereocenters. The van der Waals surface area contributed by atoms with E-state index in [1.165, 1.54) is 0 Å². The molecule has 20 heavy (non-hydrogen) atoms. The van der Waals surface area contributed by atoms with Crippen LogP contribution in [0.25, 0.3) is 0 Å². The molecular weight excluding hydrogens is 274 g/mol. The minimum atomic E-state index is 0.375. The summed E-state index contributed by atoms with van der Waals surface area (Å²) >= 11 is 5.18. The standard InChI is InChI=1S/C14H15N3O2S/c1-10(12-8-5-9-19-12)16-17-14(20)15-11-6-3-4-7-13(11)18-2/h3-9H,1-2H3,(H2,15,17,20)/b16-10+. The van der Waals surface area contributed by atoms with Crippen molar-refractivity contribution in [2.75, 3.05) is 12.4 Å². The van der Waals surface area contributed by atoms with Crippen LogP contribution in [-0.4, -0.2) is 17.9 Å². The first-order chi connectivity index (χ1) is 9.70. The smallest absolute Gasteiger partial charge is 0.191 e. The van der Waals surface area contributed by atoms with Crippen LogP contribution >= 0.6 is 12.2 Å². The molecule has 0 bridgehead atoms. The maximum absolute atomic E-state index is 5.23. The lowest BCUT2D eigenvalue weighted by Crippen LogP contribution is -2.25. The molecule has 0 amide bonds. The lowest BCUT2D eigenvalue weighted by atomic mass is 10.3. The Bertz CT molecular complexity index is 609. The van der Waals surface area contributed by atoms with Crippen molar-refractivity contribution in [2.45, 2.75) is 6.92 Å². The molecule has 0 aliphatic heterocycles. The lowest BCUT2D eigenvalue weighted by Gasteiger charge is -2.11. The van der Waals surface area contributed by atoms with E-state index in [4.69, 9.17) is 21.4 Å². The number of rotatable bonds is 4. The summed E-state index contributed by atoms with van der Waals surface area (Å²) in [7, 11) is 1.61. The molecule has 6 heteroatoms. The van der Waals surface area contributed by atoms with Gasteiger partial charge in [0.05, 0.1) is 19.1 Å². The number of para-hydroxylation sites is 2. The zero-order chi connectivity index (χ0) is 14.4. The van der Waals surface area contributed by atoms with E-state index < -0.39 is 0 Å². The fourth-order valence-electron chi connectivity index (χ4n) is 1.57. The van der Waals surface area contributed by atoms with E-state index in [2.05, 4.69) is 15.8 Å². The minimum absolute atomic E-state index is 0.375. The Labute approximate surface area is 122 Å². The Kier molecular flexibility index (Phi) is 4.73. The Morgan fingerprint density at radius 1 is 1.25 bits per heavy atom. The first kappa shape index (κ1) is 14.1. The van der Waals surface area contributed by atoms with Gasteiger partial charge in [-0.15, -0.1) is 0 Å². The highest BCUT2D eigenvalue weighted by Gasteiger charge is 2.04. The average molecular weight is 289 g/mol. The zero-order valence-corrected chi connectivity index (χ0v) is 12.0. The fourth-order valence-corrected chi connectivity index (χ4v) is 1.73. The number of ether oxygens (including phenoxy) is 1. The zero-order valence-electron chi connectivity index (χ0n) is 11.2. The summed E-state index contributed by atoms with van der Waals surface area (Å²) in [4.78, 5) is 0. The molecule has 0 aliphatic carbocycles. The predicted octanol–water partition coefficient (Wildman–Crippen LogP) is 3.00. The highest BCUT2D eigenvalue weighted by Crippen LogP contribution is 2.22. The monoisotopic (exact) mass is 289 g/mol. The number of benzene rings is 1. The summed E-state index contributed by atoms with van der Waals surface area (Å²) in [6.07, 6.45) is 1.60. The number of hydrogen-bond donors (Lipinski definition) is 2. The van der Waals surface area contributed by atoms with Gasteiger partial charge in [0, 0.05) is 0 Å². The predicted molar refractivity (Wildman–Crippen MR) is 83.3 cm³/mol. The van der Waals surface area contributed by atoms with Gasteiger partial charge in [-0.1, -0.05) is 12.1 Å². The summed E-state index contributed by atoms with van der Waals surface area (Å²) in [5, 5.41) is 7.54. The number of hydrogen-bond acceptors (Lipinski definition) is 4. The number of furan rings is 1. The first-order valence-electron chi connectivity index (χ1n) is 5.99. The Morgan fingerprint density at radius 3 is 2.75 bits per heavy atom. The van der Waals surface area contributed by atoms with Gasteiger partial charge in [-0.3, -0.25) is 5.43 Å². The van der Waals surface area contributed by atoms with E-state index in [9.17, 15) is 0 Å². The molecule has 1 heterocycles. The van der Waals surface area contributed by atoms with Crippen molar-refractivity contribution >= 4 is 28.7 Å². The number of thiocarbonyl (C=S) groups is 1. The quantitative estimate of drug-likeness (QED) is 0.515. The van der Waals surface area contributed by atoms with Crippen LogP contribution in [0.3, 0.4) is 0 Å². The molecule has 0 atom stereocenters. The van der Waals surface area contributed by atoms with Crippen molar-refractivity contribution in [1.29, 1.82) is 0 Å². The number of nitrogens with zero attached hydrogens (tertiary/aromatic N) is 1. The maximum Gasteiger partial charge on any atom is 0.191 e. The van der Waals surface area contributed by atoms with E-state index in [0.29, 0.717) is 22.3 Å². The van der Waals surface area contributed by atoms with Crippen molar-refractivity contribution in [2.24, 2.45) is 5.10 Å². The molecule has 0 aliphatic rings. The topological polar surface area (TPSA) is 58.8 Å². The van der Waals surface area contributed by atoms with Gasteiger partial charge >= 0.3 is 0 Å². The van der Waals surface area contributed by atoms with Gasteiger partial charge in [0.2, 0.25) is 0 Å². The molecule has 2 aromatic rings. The van der Waals surface area contributed by atoms with Crippen LogP contribution in [0.15, 0.2) is 52.2 Å². The Balaban J connectivity index is 1.98. The van der Waals surface area contributed by atoms with Gasteiger partial charge in [-0.2, -0.15) is 5.10 Å². The lowest BCUT2D eigenvalue weighted by molar-refractivity contribution is 0.417. The highest BCUT2D eigenvalue weighted by atomic mass is 32.1. The van der Waals surface area contributed by atoms with Crippen LogP contribution in [0.1, 0.15) is 12.7 Å². The number of nitrogens with one attached hydrogen (secondary N) is 2. The van der Waals surface area contributed by atoms with Crippen LogP contribution in [-0.2, 0) is 0 Å². The Hall–Kier alpha value is -2.34. The second-order valence-electron chi connectivity index (χ2n) is 3.94. The molecule has 0 saturated heterocycles. The van der Waals surface area contributed by atoms with Crippen LogP contribution < -0.4 is 15.5 Å². The molecule has 2 rings (SSSR count). The molecule has 0 fully saturated rings. The van der Waals surface area contributed by atoms with Crippen LogP contribution in [0.5, 0.6) is 5.75 Å². The summed E-state index contributed by atoms with van der Waals surface area (Å²) in [5.74, 6) is 1.40. The van der Waals surface area contributed by atoms with Crippen molar-refractivity contribution in [3.05, 3.63) is 48.4 Å².